The summed E-state index contributed by atoms with van der Waals surface area (Å²) in [5.74, 6) is 0. The predicted molar refractivity (Wildman–Crippen MR) is 75.9 cm³/mol. The molecule has 0 aromatic rings. The second-order valence-electron chi connectivity index (χ2n) is 4.87. The van der Waals surface area contributed by atoms with Gasteiger partial charge in [0, 0.05) is 0 Å². The lowest BCUT2D eigenvalue weighted by Crippen LogP contribution is -1.93. The van der Waals surface area contributed by atoms with Crippen LogP contribution < -0.4 is 0 Å². The van der Waals surface area contributed by atoms with Crippen LogP contribution in [0.3, 0.4) is 0 Å². The SMILES string of the molecule is CCCCCC(CC)=C(CCC)CCCC. The molecule has 0 saturated carbocycles. The van der Waals surface area contributed by atoms with Gasteiger partial charge in [-0.3, -0.25) is 0 Å². The van der Waals surface area contributed by atoms with Crippen molar-refractivity contribution in [3.05, 3.63) is 11.1 Å². The molecule has 96 valence electrons. The van der Waals surface area contributed by atoms with Crippen LogP contribution in [0, 0.1) is 0 Å². The Hall–Kier alpha value is -0.260. The highest BCUT2D eigenvalue weighted by Gasteiger charge is 2.04. The van der Waals surface area contributed by atoms with E-state index in [1.807, 2.05) is 0 Å². The van der Waals surface area contributed by atoms with Gasteiger partial charge in [0.25, 0.3) is 0 Å². The quantitative estimate of drug-likeness (QED) is 0.303. The lowest BCUT2D eigenvalue weighted by atomic mass is 9.93. The van der Waals surface area contributed by atoms with Gasteiger partial charge in [0.1, 0.15) is 0 Å². The molecule has 0 aliphatic rings. The molecule has 0 spiro atoms. The zero-order valence-electron chi connectivity index (χ0n) is 12.1. The molecule has 0 aromatic carbocycles. The first-order chi connectivity index (χ1) is 7.79. The Kier molecular flexibility index (Phi) is 11.0. The second-order valence-corrected chi connectivity index (χ2v) is 4.87. The van der Waals surface area contributed by atoms with E-state index < -0.39 is 0 Å². The molecule has 0 rings (SSSR count). The Bertz CT molecular complexity index is 176. The molecular formula is C16H32. The molecule has 0 bridgehead atoms. The molecule has 0 saturated heterocycles. The maximum Gasteiger partial charge on any atom is -0.0318 e. The van der Waals surface area contributed by atoms with Crippen LogP contribution in [0.4, 0.5) is 0 Å². The van der Waals surface area contributed by atoms with Crippen molar-refractivity contribution in [3.63, 3.8) is 0 Å². The van der Waals surface area contributed by atoms with Crippen molar-refractivity contribution < 1.29 is 0 Å². The molecule has 0 fully saturated rings. The molecule has 0 atom stereocenters. The lowest BCUT2D eigenvalue weighted by molar-refractivity contribution is 0.671. The minimum atomic E-state index is 1.28. The summed E-state index contributed by atoms with van der Waals surface area (Å²) in [5.41, 5.74) is 3.58. The number of hydrogen-bond acceptors (Lipinski definition) is 0. The lowest BCUT2D eigenvalue weighted by Gasteiger charge is -2.14. The molecule has 0 aliphatic carbocycles. The van der Waals surface area contributed by atoms with Gasteiger partial charge >= 0.3 is 0 Å². The summed E-state index contributed by atoms with van der Waals surface area (Å²) in [7, 11) is 0. The van der Waals surface area contributed by atoms with Crippen LogP contribution in [0.2, 0.25) is 0 Å². The number of rotatable bonds is 10. The van der Waals surface area contributed by atoms with Gasteiger partial charge in [-0.2, -0.15) is 0 Å². The standard InChI is InChI=1S/C16H32/c1-5-9-11-14-15(8-4)16(12-7-3)13-10-6-2/h5-14H2,1-4H3. The van der Waals surface area contributed by atoms with Crippen molar-refractivity contribution >= 4 is 0 Å². The van der Waals surface area contributed by atoms with E-state index >= 15 is 0 Å². The van der Waals surface area contributed by atoms with Crippen molar-refractivity contribution in [2.75, 3.05) is 0 Å². The normalized spacial score (nSPS) is 12.8. The summed E-state index contributed by atoms with van der Waals surface area (Å²) >= 11 is 0. The second kappa shape index (κ2) is 11.2. The monoisotopic (exact) mass is 224 g/mol. The van der Waals surface area contributed by atoms with E-state index in [-0.39, 0.29) is 0 Å². The zero-order valence-corrected chi connectivity index (χ0v) is 12.1. The molecule has 0 amide bonds. The van der Waals surface area contributed by atoms with E-state index in [0.717, 1.165) is 0 Å². The van der Waals surface area contributed by atoms with E-state index in [2.05, 4.69) is 27.7 Å². The fraction of sp³-hybridized carbons (Fsp3) is 0.875. The van der Waals surface area contributed by atoms with Crippen molar-refractivity contribution in [2.45, 2.75) is 91.9 Å². The fourth-order valence-corrected chi connectivity index (χ4v) is 2.36. The molecule has 0 N–H and O–H groups in total. The molecule has 0 radical (unpaired) electrons. The van der Waals surface area contributed by atoms with Gasteiger partial charge in [-0.05, 0) is 38.5 Å². The van der Waals surface area contributed by atoms with Gasteiger partial charge in [-0.25, -0.2) is 0 Å². The van der Waals surface area contributed by atoms with Gasteiger partial charge in [0.05, 0.1) is 0 Å². The van der Waals surface area contributed by atoms with E-state index in [0.29, 0.717) is 0 Å². The number of unbranched alkanes of at least 4 members (excludes halogenated alkanes) is 3. The van der Waals surface area contributed by atoms with E-state index in [1.54, 1.807) is 11.1 Å². The maximum atomic E-state index is 2.34. The molecule has 0 heterocycles. The molecule has 16 heavy (non-hydrogen) atoms. The third kappa shape index (κ3) is 7.09. The van der Waals surface area contributed by atoms with Crippen molar-refractivity contribution in [3.8, 4) is 0 Å². The molecule has 0 nitrogen and oxygen atoms in total. The van der Waals surface area contributed by atoms with Crippen LogP contribution in [0.25, 0.3) is 0 Å². The van der Waals surface area contributed by atoms with Crippen molar-refractivity contribution in [2.24, 2.45) is 0 Å². The highest BCUT2D eigenvalue weighted by molar-refractivity contribution is 5.14. The molecule has 0 unspecified atom stereocenters. The van der Waals surface area contributed by atoms with Crippen molar-refractivity contribution in [1.29, 1.82) is 0 Å². The summed E-state index contributed by atoms with van der Waals surface area (Å²) in [6, 6.07) is 0. The number of allylic oxidation sites excluding steroid dienone is 2. The highest BCUT2D eigenvalue weighted by atomic mass is 14.1. The van der Waals surface area contributed by atoms with Gasteiger partial charge in [-0.1, -0.05) is 64.5 Å². The molecule has 0 aliphatic heterocycles. The highest BCUT2D eigenvalue weighted by Crippen LogP contribution is 2.24. The average molecular weight is 224 g/mol. The molecular weight excluding hydrogens is 192 g/mol. The van der Waals surface area contributed by atoms with E-state index in [9.17, 15) is 0 Å². The van der Waals surface area contributed by atoms with Crippen LogP contribution in [0.1, 0.15) is 91.9 Å². The smallest absolute Gasteiger partial charge is 0.0318 e. The number of hydrogen-bond donors (Lipinski definition) is 0. The minimum absolute atomic E-state index is 1.28. The third-order valence-corrected chi connectivity index (χ3v) is 3.39. The van der Waals surface area contributed by atoms with Gasteiger partial charge in [-0.15, -0.1) is 0 Å². The van der Waals surface area contributed by atoms with Crippen LogP contribution >= 0.6 is 0 Å². The average Bonchev–Trinajstić information content (AvgIpc) is 2.31. The minimum Gasteiger partial charge on any atom is -0.0713 e. The van der Waals surface area contributed by atoms with Crippen LogP contribution in [0.15, 0.2) is 11.1 Å². The van der Waals surface area contributed by atoms with Crippen LogP contribution in [-0.2, 0) is 0 Å². The topological polar surface area (TPSA) is 0 Å². The Morgan fingerprint density at radius 1 is 0.562 bits per heavy atom. The summed E-state index contributed by atoms with van der Waals surface area (Å²) in [5, 5.41) is 0. The first kappa shape index (κ1) is 15.7. The summed E-state index contributed by atoms with van der Waals surface area (Å²) in [6.07, 6.45) is 13.5. The Morgan fingerprint density at radius 3 is 1.69 bits per heavy atom. The Balaban J connectivity index is 4.31. The fourth-order valence-electron chi connectivity index (χ4n) is 2.36. The zero-order chi connectivity index (χ0) is 12.2. The Labute approximate surface area is 104 Å². The van der Waals surface area contributed by atoms with Gasteiger partial charge in [0.2, 0.25) is 0 Å². The van der Waals surface area contributed by atoms with E-state index in [1.165, 1.54) is 64.2 Å². The predicted octanol–water partition coefficient (Wildman–Crippen LogP) is 6.26. The third-order valence-electron chi connectivity index (χ3n) is 3.39. The Morgan fingerprint density at radius 2 is 1.19 bits per heavy atom. The first-order valence-corrected chi connectivity index (χ1v) is 7.49. The maximum absolute atomic E-state index is 2.34. The van der Waals surface area contributed by atoms with Gasteiger partial charge in [0.15, 0.2) is 0 Å². The van der Waals surface area contributed by atoms with Gasteiger partial charge < -0.3 is 0 Å². The summed E-state index contributed by atoms with van der Waals surface area (Å²) < 4.78 is 0. The van der Waals surface area contributed by atoms with Crippen molar-refractivity contribution in [1.82, 2.24) is 0 Å². The van der Waals surface area contributed by atoms with Crippen LogP contribution in [-0.4, -0.2) is 0 Å². The molecule has 0 heteroatoms. The summed E-state index contributed by atoms with van der Waals surface area (Å²) in [6.45, 7) is 9.24. The summed E-state index contributed by atoms with van der Waals surface area (Å²) in [4.78, 5) is 0. The van der Waals surface area contributed by atoms with E-state index in [4.69, 9.17) is 0 Å². The first-order valence-electron chi connectivity index (χ1n) is 7.49. The van der Waals surface area contributed by atoms with Crippen LogP contribution in [0.5, 0.6) is 0 Å². The largest absolute Gasteiger partial charge is 0.0713 e. The molecule has 0 aromatic heterocycles.